The van der Waals surface area contributed by atoms with E-state index in [1.807, 2.05) is 10.6 Å². The quantitative estimate of drug-likeness (QED) is 0.646. The molecule has 2 heterocycles. The zero-order valence-corrected chi connectivity index (χ0v) is 17.2. The van der Waals surface area contributed by atoms with Gasteiger partial charge in [-0.25, -0.2) is 0 Å². The van der Waals surface area contributed by atoms with Crippen LogP contribution in [-0.4, -0.2) is 38.3 Å². The number of aromatic nitrogens is 1. The van der Waals surface area contributed by atoms with Crippen molar-refractivity contribution in [3.05, 3.63) is 52.1 Å². The van der Waals surface area contributed by atoms with Gasteiger partial charge >= 0.3 is 4.87 Å². The minimum atomic E-state index is -2.39. The topological polar surface area (TPSA) is 65.7 Å². The molecule has 0 bridgehead atoms. The third-order valence-corrected chi connectivity index (χ3v) is 8.34. The van der Waals surface area contributed by atoms with Crippen LogP contribution in [-0.2, 0) is 6.54 Å². The molecule has 0 spiro atoms. The predicted octanol–water partition coefficient (Wildman–Crippen LogP) is 4.71. The molecule has 5 nitrogen and oxygen atoms in total. The van der Waals surface area contributed by atoms with E-state index < -0.39 is 10.6 Å². The largest absolute Gasteiger partial charge is 0.368 e. The highest BCUT2D eigenvalue weighted by Gasteiger charge is 2.24. The third kappa shape index (κ3) is 3.59. The summed E-state index contributed by atoms with van der Waals surface area (Å²) in [6.45, 7) is 2.18. The van der Waals surface area contributed by atoms with Crippen molar-refractivity contribution in [2.75, 3.05) is 29.5 Å². The molecule has 2 N–H and O–H groups in total. The van der Waals surface area contributed by atoms with Crippen molar-refractivity contribution in [2.45, 2.75) is 19.4 Å². The van der Waals surface area contributed by atoms with Crippen LogP contribution in [0.5, 0.6) is 0 Å². The number of nitrogens with zero attached hydrogens (tertiary/aromatic N) is 2. The summed E-state index contributed by atoms with van der Waals surface area (Å²) in [5, 5.41) is 0. The lowest BCUT2D eigenvalue weighted by molar-refractivity contribution is 0.479. The van der Waals surface area contributed by atoms with Gasteiger partial charge in [-0.3, -0.25) is 18.5 Å². The summed E-state index contributed by atoms with van der Waals surface area (Å²) in [5.41, 5.74) is 4.37. The van der Waals surface area contributed by atoms with Crippen LogP contribution in [0.3, 0.4) is 0 Å². The average molecular weight is 417 g/mol. The van der Waals surface area contributed by atoms with Crippen LogP contribution in [0.4, 0.5) is 5.69 Å². The van der Waals surface area contributed by atoms with Crippen LogP contribution in [0.25, 0.3) is 21.3 Å². The summed E-state index contributed by atoms with van der Waals surface area (Å²) in [5.74, 6) is 1.55. The van der Waals surface area contributed by atoms with Crippen molar-refractivity contribution in [2.24, 2.45) is 5.92 Å². The zero-order chi connectivity index (χ0) is 19.3. The highest BCUT2D eigenvalue weighted by atomic mass is 32.3. The molecule has 2 fully saturated rings. The Labute approximate surface area is 169 Å². The molecule has 0 amide bonds. The molecule has 1 aliphatic carbocycles. The highest BCUT2D eigenvalue weighted by molar-refractivity contribution is 8.24. The van der Waals surface area contributed by atoms with Crippen molar-refractivity contribution in [3.63, 3.8) is 0 Å². The van der Waals surface area contributed by atoms with E-state index in [1.165, 1.54) is 24.2 Å². The molecule has 2 aliphatic rings. The maximum atomic E-state index is 12.4. The second-order valence-corrected chi connectivity index (χ2v) is 11.3. The fourth-order valence-electron chi connectivity index (χ4n) is 3.84. The number of fused-ring (bicyclic) bond motifs is 1. The molecule has 3 aromatic rings. The first-order valence-electron chi connectivity index (χ1n) is 9.71. The summed E-state index contributed by atoms with van der Waals surface area (Å²) in [4.78, 5) is 14.8. The average Bonchev–Trinajstić information content (AvgIpc) is 3.45. The SMILES string of the molecule is O=c1sc2cc(-c3cccc(N4CCS(O)(O)CC4)c3)ccc2n1CC1CC1. The maximum absolute atomic E-state index is 12.4. The molecular formula is C21H24N2O3S2. The second kappa shape index (κ2) is 6.91. The lowest BCUT2D eigenvalue weighted by Crippen LogP contribution is -2.38. The van der Waals surface area contributed by atoms with Gasteiger partial charge in [0.15, 0.2) is 0 Å². The summed E-state index contributed by atoms with van der Waals surface area (Å²) in [7, 11) is -2.39. The molecule has 28 heavy (non-hydrogen) atoms. The summed E-state index contributed by atoms with van der Waals surface area (Å²) >= 11 is 1.33. The first-order chi connectivity index (χ1) is 13.5. The van der Waals surface area contributed by atoms with Gasteiger partial charge in [0.1, 0.15) is 0 Å². The molecule has 1 aliphatic heterocycles. The number of hydrogen-bond acceptors (Lipinski definition) is 5. The number of benzene rings is 2. The van der Waals surface area contributed by atoms with Crippen LogP contribution >= 0.6 is 21.9 Å². The van der Waals surface area contributed by atoms with Gasteiger partial charge in [-0.15, -0.1) is 0 Å². The Balaban J connectivity index is 1.44. The lowest BCUT2D eigenvalue weighted by Gasteiger charge is -2.42. The number of anilines is 1. The van der Waals surface area contributed by atoms with E-state index in [9.17, 15) is 13.9 Å². The third-order valence-electron chi connectivity index (χ3n) is 5.73. The fraction of sp³-hybridized carbons (Fsp3) is 0.381. The summed E-state index contributed by atoms with van der Waals surface area (Å²) < 4.78 is 22.7. The van der Waals surface area contributed by atoms with Crippen molar-refractivity contribution >= 4 is 37.8 Å². The van der Waals surface area contributed by atoms with Crippen molar-refractivity contribution in [1.82, 2.24) is 4.57 Å². The zero-order valence-electron chi connectivity index (χ0n) is 15.6. The Hall–Kier alpha value is -1.80. The first kappa shape index (κ1) is 18.2. The number of rotatable bonds is 4. The second-order valence-electron chi connectivity index (χ2n) is 7.85. The Morgan fingerprint density at radius 2 is 1.79 bits per heavy atom. The Bertz CT molecular complexity index is 1070. The van der Waals surface area contributed by atoms with Crippen LogP contribution in [0.15, 0.2) is 47.3 Å². The molecular weight excluding hydrogens is 392 g/mol. The van der Waals surface area contributed by atoms with Gasteiger partial charge in [0.2, 0.25) is 0 Å². The summed E-state index contributed by atoms with van der Waals surface area (Å²) in [6, 6.07) is 14.7. The van der Waals surface area contributed by atoms with E-state index in [0.717, 1.165) is 33.6 Å². The van der Waals surface area contributed by atoms with Crippen LogP contribution in [0.2, 0.25) is 0 Å². The Morgan fingerprint density at radius 1 is 1.04 bits per heavy atom. The standard InChI is InChI=1S/C21H24N2O3S2/c24-21-23(14-15-4-5-15)19-7-6-17(13-20(19)27-21)16-2-1-3-18(12-16)22-8-10-28(25,26)11-9-22/h1-3,6-7,12-13,15,25-26H,4-5,8-11,14H2. The summed E-state index contributed by atoms with van der Waals surface area (Å²) in [6.07, 6.45) is 2.47. The minimum absolute atomic E-state index is 0.139. The minimum Gasteiger partial charge on any atom is -0.368 e. The van der Waals surface area contributed by atoms with Crippen LogP contribution in [0, 0.1) is 5.92 Å². The molecule has 5 rings (SSSR count). The molecule has 0 radical (unpaired) electrons. The van der Waals surface area contributed by atoms with E-state index in [0.29, 0.717) is 30.5 Å². The van der Waals surface area contributed by atoms with E-state index in [1.54, 1.807) is 0 Å². The lowest BCUT2D eigenvalue weighted by atomic mass is 10.0. The number of hydrogen-bond donors (Lipinski definition) is 2. The molecule has 0 unspecified atom stereocenters. The highest BCUT2D eigenvalue weighted by Crippen LogP contribution is 2.41. The van der Waals surface area contributed by atoms with Gasteiger partial charge < -0.3 is 4.90 Å². The van der Waals surface area contributed by atoms with Crippen LogP contribution in [0.1, 0.15) is 12.8 Å². The van der Waals surface area contributed by atoms with Gasteiger partial charge in [-0.2, -0.15) is 10.6 Å². The molecule has 148 valence electrons. The smallest absolute Gasteiger partial charge is 0.308 e. The monoisotopic (exact) mass is 416 g/mol. The first-order valence-corrected chi connectivity index (χ1v) is 12.4. The molecule has 0 atom stereocenters. The van der Waals surface area contributed by atoms with E-state index in [-0.39, 0.29) is 4.87 Å². The van der Waals surface area contributed by atoms with Gasteiger partial charge in [-0.05, 0) is 54.2 Å². The van der Waals surface area contributed by atoms with Crippen molar-refractivity contribution in [1.29, 1.82) is 0 Å². The molecule has 7 heteroatoms. The van der Waals surface area contributed by atoms with Crippen molar-refractivity contribution in [3.8, 4) is 11.1 Å². The fourth-order valence-corrected chi connectivity index (χ4v) is 6.01. The van der Waals surface area contributed by atoms with E-state index in [2.05, 4.69) is 41.3 Å². The molecule has 1 saturated heterocycles. The van der Waals surface area contributed by atoms with E-state index >= 15 is 0 Å². The predicted molar refractivity (Wildman–Crippen MR) is 119 cm³/mol. The van der Waals surface area contributed by atoms with Gasteiger partial charge in [0.25, 0.3) is 0 Å². The number of thiazole rings is 1. The Kier molecular flexibility index (Phi) is 4.50. The van der Waals surface area contributed by atoms with Crippen LogP contribution < -0.4 is 9.77 Å². The van der Waals surface area contributed by atoms with Gasteiger partial charge in [0.05, 0.1) is 21.7 Å². The molecule has 1 aromatic heterocycles. The van der Waals surface area contributed by atoms with Gasteiger partial charge in [-0.1, -0.05) is 29.5 Å². The molecule has 2 aromatic carbocycles. The van der Waals surface area contributed by atoms with Gasteiger partial charge in [0, 0.05) is 25.3 Å². The maximum Gasteiger partial charge on any atom is 0.308 e. The molecule has 1 saturated carbocycles. The normalized spacial score (nSPS) is 20.4. The van der Waals surface area contributed by atoms with E-state index in [4.69, 9.17) is 0 Å². The Morgan fingerprint density at radius 3 is 2.54 bits per heavy atom. The van der Waals surface area contributed by atoms with Crippen molar-refractivity contribution < 1.29 is 9.11 Å².